The summed E-state index contributed by atoms with van der Waals surface area (Å²) in [4.78, 5) is 53.4. The Bertz CT molecular complexity index is 2410. The zero-order valence-electron chi connectivity index (χ0n) is 31.2. The fraction of sp³-hybridized carbons (Fsp3) is 0.195. The molecule has 5 aromatic rings. The molecule has 3 atom stereocenters. The lowest BCUT2D eigenvalue weighted by molar-refractivity contribution is -0.384. The van der Waals surface area contributed by atoms with E-state index in [9.17, 15) is 37.3 Å². The average Bonchev–Trinajstić information content (AvgIpc) is 3.24. The molecule has 6 rings (SSSR count). The average molecular weight is 859 g/mol. The summed E-state index contributed by atoms with van der Waals surface area (Å²) in [7, 11) is -4.60. The molecule has 1 aliphatic rings. The third kappa shape index (κ3) is 11.0. The third-order valence-electron chi connectivity index (χ3n) is 9.29. The fourth-order valence-corrected chi connectivity index (χ4v) is 8.90. The molecule has 306 valence electrons. The van der Waals surface area contributed by atoms with Crippen molar-refractivity contribution in [3.8, 4) is 11.1 Å². The van der Waals surface area contributed by atoms with Crippen molar-refractivity contribution in [2.24, 2.45) is 11.5 Å². The first-order chi connectivity index (χ1) is 28.3. The number of halogens is 1. The Hall–Kier alpha value is -5.79. The molecule has 0 bridgehead atoms. The molecule has 0 aliphatic carbocycles. The van der Waals surface area contributed by atoms with Gasteiger partial charge in [-0.3, -0.25) is 24.5 Å². The van der Waals surface area contributed by atoms with Crippen molar-refractivity contribution in [1.29, 1.82) is 0 Å². The number of rotatable bonds is 16. The van der Waals surface area contributed by atoms with E-state index >= 15 is 0 Å². The van der Waals surface area contributed by atoms with Gasteiger partial charge in [-0.05, 0) is 77.4 Å². The number of nitrogens with two attached hydrogens (primary N) is 2. The smallest absolute Gasteiger partial charge is 0.293 e. The molecule has 0 aromatic heterocycles. The number of primary amides is 1. The molecule has 14 nitrogen and oxygen atoms in total. The van der Waals surface area contributed by atoms with Crippen LogP contribution in [0.1, 0.15) is 22.0 Å². The largest absolute Gasteiger partial charge is 0.377 e. The Labute approximate surface area is 348 Å². The minimum Gasteiger partial charge on any atom is -0.377 e. The van der Waals surface area contributed by atoms with E-state index in [1.807, 2.05) is 59.3 Å². The molecular weight excluding hydrogens is 820 g/mol. The number of hydrogen-bond donors (Lipinski definition) is 4. The first-order valence-electron chi connectivity index (χ1n) is 18.1. The molecule has 0 saturated carbocycles. The van der Waals surface area contributed by atoms with Gasteiger partial charge in [-0.1, -0.05) is 54.6 Å². The normalized spacial score (nSPS) is 15.2. The number of nitrogens with zero attached hydrogens (tertiary/aromatic N) is 2. The lowest BCUT2D eigenvalue weighted by Crippen LogP contribution is -2.50. The highest BCUT2D eigenvalue weighted by atomic mass is 32.2. The molecule has 1 saturated heterocycles. The van der Waals surface area contributed by atoms with E-state index < -0.39 is 61.3 Å². The van der Waals surface area contributed by atoms with Gasteiger partial charge in [0.1, 0.15) is 17.5 Å². The van der Waals surface area contributed by atoms with Crippen LogP contribution in [0.4, 0.5) is 15.8 Å². The molecule has 6 N–H and O–H groups in total. The Kier molecular flexibility index (Phi) is 14.0. The number of nitro benzene ring substituents is 1. The summed E-state index contributed by atoms with van der Waals surface area (Å²) >= 11 is 2.72. The van der Waals surface area contributed by atoms with Gasteiger partial charge in [-0.2, -0.15) is 0 Å². The number of hydrogen-bond acceptors (Lipinski definition) is 12. The topological polar surface area (TPSA) is 217 Å². The quantitative estimate of drug-likeness (QED) is 0.0542. The van der Waals surface area contributed by atoms with Crippen LogP contribution in [0.25, 0.3) is 11.1 Å². The van der Waals surface area contributed by atoms with Crippen LogP contribution in [0, 0.1) is 15.9 Å². The maximum absolute atomic E-state index is 14.5. The number of anilines is 1. The number of amides is 3. The van der Waals surface area contributed by atoms with Crippen molar-refractivity contribution in [3.05, 3.63) is 148 Å². The monoisotopic (exact) mass is 858 g/mol. The summed E-state index contributed by atoms with van der Waals surface area (Å²) in [5.41, 5.74) is 12.4. The predicted octanol–water partition coefficient (Wildman–Crippen LogP) is 5.60. The molecule has 3 amide bonds. The van der Waals surface area contributed by atoms with E-state index in [0.717, 1.165) is 27.5 Å². The highest BCUT2D eigenvalue weighted by molar-refractivity contribution is 7.99. The van der Waals surface area contributed by atoms with Gasteiger partial charge >= 0.3 is 0 Å². The van der Waals surface area contributed by atoms with Crippen molar-refractivity contribution >= 4 is 62.6 Å². The predicted molar refractivity (Wildman–Crippen MR) is 224 cm³/mol. The summed E-state index contributed by atoms with van der Waals surface area (Å²) in [5.74, 6) is -1.90. The zero-order valence-corrected chi connectivity index (χ0v) is 33.7. The van der Waals surface area contributed by atoms with Crippen LogP contribution in [-0.2, 0) is 24.3 Å². The number of thioether (sulfide) groups is 2. The second kappa shape index (κ2) is 19.3. The van der Waals surface area contributed by atoms with Crippen LogP contribution in [0.5, 0.6) is 0 Å². The zero-order chi connectivity index (χ0) is 42.1. The molecule has 1 fully saturated rings. The van der Waals surface area contributed by atoms with E-state index in [1.165, 1.54) is 53.9 Å². The number of carbonyl (C=O) groups excluding carboxylic acids is 3. The standard InChI is InChI=1S/C41H39FN6O8S3/c42-30-14-10-27(11-15-30)26-6-8-29(9-7-26)40(50)46-59(54,55)33-18-19-35(37(22-33)48(52)53)45-36(25-58-31-4-2-1-3-5-31)41(51)47-20-21-56-23-38(47)28-12-16-32(17-13-28)57-24-34(43)39(44)49/h1-19,22,34,36,38,45H,20-21,23-25,43H2,(H2,44,49)(H,46,50)/t34-,36-,38?/m0/s1. The highest BCUT2D eigenvalue weighted by Crippen LogP contribution is 2.33. The van der Waals surface area contributed by atoms with E-state index in [-0.39, 0.29) is 42.7 Å². The van der Waals surface area contributed by atoms with Crippen molar-refractivity contribution in [2.45, 2.75) is 32.8 Å². The summed E-state index contributed by atoms with van der Waals surface area (Å²) in [6, 6.07) is 29.2. The molecule has 0 spiro atoms. The van der Waals surface area contributed by atoms with Crippen LogP contribution in [0.2, 0.25) is 0 Å². The molecule has 1 heterocycles. The first-order valence-corrected chi connectivity index (χ1v) is 21.6. The summed E-state index contributed by atoms with van der Waals surface area (Å²) in [6.07, 6.45) is 0. The summed E-state index contributed by atoms with van der Waals surface area (Å²) in [6.45, 7) is 0.687. The van der Waals surface area contributed by atoms with E-state index in [4.69, 9.17) is 16.2 Å². The van der Waals surface area contributed by atoms with Gasteiger partial charge in [0.2, 0.25) is 11.8 Å². The number of carbonyl (C=O) groups is 3. The minimum absolute atomic E-state index is 0.00526. The third-order valence-corrected chi connectivity index (χ3v) is 12.9. The molecule has 1 aliphatic heterocycles. The lowest BCUT2D eigenvalue weighted by atomic mass is 10.0. The summed E-state index contributed by atoms with van der Waals surface area (Å²) < 4.78 is 47.9. The van der Waals surface area contributed by atoms with Crippen LogP contribution < -0.4 is 21.5 Å². The van der Waals surface area contributed by atoms with Crippen molar-refractivity contribution in [3.63, 3.8) is 0 Å². The number of morpholine rings is 1. The molecule has 59 heavy (non-hydrogen) atoms. The first kappa shape index (κ1) is 42.8. The van der Waals surface area contributed by atoms with Crippen molar-refractivity contribution < 1.29 is 36.9 Å². The lowest BCUT2D eigenvalue weighted by Gasteiger charge is -2.38. The molecule has 5 aromatic carbocycles. The Morgan fingerprint density at radius 3 is 2.15 bits per heavy atom. The van der Waals surface area contributed by atoms with Crippen LogP contribution in [0.3, 0.4) is 0 Å². The Morgan fingerprint density at radius 2 is 1.51 bits per heavy atom. The van der Waals surface area contributed by atoms with Gasteiger partial charge in [-0.15, -0.1) is 23.5 Å². The van der Waals surface area contributed by atoms with Crippen LogP contribution in [0.15, 0.2) is 136 Å². The summed E-state index contributed by atoms with van der Waals surface area (Å²) in [5, 5.41) is 15.5. The molecule has 0 radical (unpaired) electrons. The van der Waals surface area contributed by atoms with Crippen molar-refractivity contribution in [2.75, 3.05) is 36.6 Å². The molecule has 18 heteroatoms. The van der Waals surface area contributed by atoms with Gasteiger partial charge in [0.15, 0.2) is 0 Å². The van der Waals surface area contributed by atoms with Gasteiger partial charge in [0.25, 0.3) is 21.6 Å². The Morgan fingerprint density at radius 1 is 0.881 bits per heavy atom. The minimum atomic E-state index is -4.60. The second-order valence-corrected chi connectivity index (χ2v) is 17.2. The SMILES string of the molecule is NC(=O)[C@@H](N)CSc1ccc(C2COCCN2C(=O)[C@H](CSc2ccccc2)Nc2ccc(S(=O)(=O)NC(=O)c3ccc(-c4ccc(F)cc4)cc3)cc2[N+](=O)[O-])cc1. The maximum Gasteiger partial charge on any atom is 0.293 e. The van der Waals surface area contributed by atoms with Crippen LogP contribution >= 0.6 is 23.5 Å². The van der Waals surface area contributed by atoms with Gasteiger partial charge < -0.3 is 26.4 Å². The van der Waals surface area contributed by atoms with E-state index in [2.05, 4.69) is 5.32 Å². The van der Waals surface area contributed by atoms with Crippen molar-refractivity contribution in [1.82, 2.24) is 9.62 Å². The Balaban J connectivity index is 1.22. The molecular formula is C41H39FN6O8S3. The van der Waals surface area contributed by atoms with Crippen LogP contribution in [-0.4, -0.2) is 79.3 Å². The number of nitrogens with one attached hydrogen (secondary N) is 2. The molecule has 1 unspecified atom stereocenters. The van der Waals surface area contributed by atoms with E-state index in [1.54, 1.807) is 29.2 Å². The van der Waals surface area contributed by atoms with Gasteiger partial charge in [-0.25, -0.2) is 17.5 Å². The highest BCUT2D eigenvalue weighted by Gasteiger charge is 2.35. The fourth-order valence-electron chi connectivity index (χ4n) is 6.10. The van der Waals surface area contributed by atoms with Gasteiger partial charge in [0, 0.05) is 39.5 Å². The number of benzene rings is 5. The van der Waals surface area contributed by atoms with Gasteiger partial charge in [0.05, 0.1) is 35.1 Å². The number of ether oxygens (including phenoxy) is 1. The second-order valence-electron chi connectivity index (χ2n) is 13.3. The number of nitro groups is 1. The van der Waals surface area contributed by atoms with E-state index in [0.29, 0.717) is 16.9 Å². The maximum atomic E-state index is 14.5. The number of sulfonamides is 1.